The number of aliphatic hydroxyl groups is 1. The predicted octanol–water partition coefficient (Wildman–Crippen LogP) is 1.26. The molecule has 1 nitrogen and oxygen atoms in total. The zero-order valence-electron chi connectivity index (χ0n) is 5.42. The van der Waals surface area contributed by atoms with Crippen LogP contribution in [0.4, 0.5) is 0 Å². The van der Waals surface area contributed by atoms with Crippen molar-refractivity contribution < 1.29 is 5.11 Å². The molecule has 0 radical (unpaired) electrons. The molecular formula is C7H12OS. The summed E-state index contributed by atoms with van der Waals surface area (Å²) in [6.07, 6.45) is 3.85. The fourth-order valence-electron chi connectivity index (χ4n) is 1.26. The van der Waals surface area contributed by atoms with Gasteiger partial charge in [-0.2, -0.15) is 11.8 Å². The molecule has 1 N–H and O–H groups in total. The van der Waals surface area contributed by atoms with Crippen LogP contribution in [0, 0.1) is 5.92 Å². The first-order chi connectivity index (χ1) is 4.38. The Labute approximate surface area is 59.8 Å². The number of thioether (sulfide) groups is 1. The van der Waals surface area contributed by atoms with Gasteiger partial charge >= 0.3 is 0 Å². The molecular weight excluding hydrogens is 132 g/mol. The first-order valence-electron chi connectivity index (χ1n) is 3.67. The summed E-state index contributed by atoms with van der Waals surface area (Å²) in [7, 11) is 0. The molecule has 1 aliphatic heterocycles. The molecule has 1 saturated carbocycles. The highest BCUT2D eigenvalue weighted by Crippen LogP contribution is 2.41. The molecule has 0 aromatic heterocycles. The molecule has 0 amide bonds. The smallest absolute Gasteiger partial charge is 0.0687 e. The first-order valence-corrected chi connectivity index (χ1v) is 4.72. The molecule has 2 atom stereocenters. The van der Waals surface area contributed by atoms with Gasteiger partial charge in [-0.05, 0) is 30.9 Å². The van der Waals surface area contributed by atoms with Gasteiger partial charge in [-0.25, -0.2) is 0 Å². The van der Waals surface area contributed by atoms with E-state index < -0.39 is 0 Å². The van der Waals surface area contributed by atoms with Crippen molar-refractivity contribution in [2.45, 2.75) is 30.6 Å². The summed E-state index contributed by atoms with van der Waals surface area (Å²) in [5.41, 5.74) is 0. The fourth-order valence-corrected chi connectivity index (χ4v) is 2.19. The van der Waals surface area contributed by atoms with Crippen molar-refractivity contribution in [2.75, 3.05) is 5.75 Å². The number of rotatable bonds is 2. The zero-order chi connectivity index (χ0) is 6.27. The lowest BCUT2D eigenvalue weighted by molar-refractivity contribution is 0.143. The molecule has 52 valence electrons. The Bertz CT molecular complexity index is 107. The Hall–Kier alpha value is 0.310. The number of aliphatic hydroxyl groups excluding tert-OH is 1. The predicted molar refractivity (Wildman–Crippen MR) is 39.6 cm³/mol. The molecule has 1 heterocycles. The molecule has 0 aromatic rings. The van der Waals surface area contributed by atoms with E-state index in [0.29, 0.717) is 11.2 Å². The second-order valence-corrected chi connectivity index (χ2v) is 4.37. The Morgan fingerprint density at radius 1 is 1.33 bits per heavy atom. The van der Waals surface area contributed by atoms with Crippen molar-refractivity contribution in [2.24, 2.45) is 5.92 Å². The Kier molecular flexibility index (Phi) is 1.46. The minimum atomic E-state index is 0.0451. The summed E-state index contributed by atoms with van der Waals surface area (Å²) in [6.45, 7) is 0. The number of hydrogen-bond donors (Lipinski definition) is 1. The third-order valence-corrected chi connectivity index (χ3v) is 3.63. The van der Waals surface area contributed by atoms with Crippen molar-refractivity contribution in [3.05, 3.63) is 0 Å². The van der Waals surface area contributed by atoms with E-state index in [-0.39, 0.29) is 6.10 Å². The maximum Gasteiger partial charge on any atom is 0.0687 e. The summed E-state index contributed by atoms with van der Waals surface area (Å²) in [5.74, 6) is 1.96. The van der Waals surface area contributed by atoms with Gasteiger partial charge in [-0.3, -0.25) is 0 Å². The van der Waals surface area contributed by atoms with Crippen LogP contribution >= 0.6 is 11.8 Å². The highest BCUT2D eigenvalue weighted by molar-refractivity contribution is 8.01. The summed E-state index contributed by atoms with van der Waals surface area (Å²) < 4.78 is 0. The maximum absolute atomic E-state index is 9.49. The van der Waals surface area contributed by atoms with Gasteiger partial charge in [0.1, 0.15) is 0 Å². The van der Waals surface area contributed by atoms with Gasteiger partial charge in [0.05, 0.1) is 6.10 Å². The van der Waals surface area contributed by atoms with Gasteiger partial charge in [0.15, 0.2) is 0 Å². The zero-order valence-corrected chi connectivity index (χ0v) is 6.23. The van der Waals surface area contributed by atoms with Gasteiger partial charge in [0, 0.05) is 5.25 Å². The quantitative estimate of drug-likeness (QED) is 0.629. The van der Waals surface area contributed by atoms with Crippen molar-refractivity contribution in [1.82, 2.24) is 0 Å². The second-order valence-electron chi connectivity index (χ2n) is 3.03. The highest BCUT2D eigenvalue weighted by Gasteiger charge is 2.37. The van der Waals surface area contributed by atoms with Crippen LogP contribution in [-0.2, 0) is 0 Å². The average Bonchev–Trinajstić information content (AvgIpc) is 2.37. The third kappa shape index (κ3) is 1.10. The molecule has 1 aliphatic carbocycles. The molecule has 0 bridgehead atoms. The van der Waals surface area contributed by atoms with E-state index in [9.17, 15) is 5.11 Å². The third-order valence-electron chi connectivity index (χ3n) is 2.22. The van der Waals surface area contributed by atoms with Gasteiger partial charge in [-0.1, -0.05) is 0 Å². The SMILES string of the molecule is OC(C1CC1)C1CCS1. The van der Waals surface area contributed by atoms with Crippen LogP contribution < -0.4 is 0 Å². The first kappa shape index (κ1) is 6.05. The fraction of sp³-hybridized carbons (Fsp3) is 1.00. The molecule has 9 heavy (non-hydrogen) atoms. The maximum atomic E-state index is 9.49. The van der Waals surface area contributed by atoms with Crippen LogP contribution in [0.5, 0.6) is 0 Å². The van der Waals surface area contributed by atoms with Gasteiger partial charge in [0.25, 0.3) is 0 Å². The minimum absolute atomic E-state index is 0.0451. The molecule has 0 aromatic carbocycles. The normalized spacial score (nSPS) is 37.7. The molecule has 2 fully saturated rings. The van der Waals surface area contributed by atoms with Crippen molar-refractivity contribution in [3.63, 3.8) is 0 Å². The summed E-state index contributed by atoms with van der Waals surface area (Å²) in [5, 5.41) is 10.1. The molecule has 2 unspecified atom stereocenters. The van der Waals surface area contributed by atoms with Crippen molar-refractivity contribution in [3.8, 4) is 0 Å². The van der Waals surface area contributed by atoms with Crippen LogP contribution in [0.15, 0.2) is 0 Å². The standard InChI is InChI=1S/C7H12OS/c8-7(5-1-2-5)6-3-4-9-6/h5-8H,1-4H2. The Morgan fingerprint density at radius 3 is 2.33 bits per heavy atom. The minimum Gasteiger partial charge on any atom is -0.392 e. The Balaban J connectivity index is 1.81. The Morgan fingerprint density at radius 2 is 2.00 bits per heavy atom. The summed E-state index contributed by atoms with van der Waals surface area (Å²) in [4.78, 5) is 0. The van der Waals surface area contributed by atoms with Crippen LogP contribution in [0.1, 0.15) is 19.3 Å². The number of hydrogen-bond acceptors (Lipinski definition) is 2. The largest absolute Gasteiger partial charge is 0.392 e. The van der Waals surface area contributed by atoms with Crippen LogP contribution in [0.2, 0.25) is 0 Å². The van der Waals surface area contributed by atoms with E-state index in [1.807, 2.05) is 11.8 Å². The second kappa shape index (κ2) is 2.17. The average molecular weight is 144 g/mol. The van der Waals surface area contributed by atoms with E-state index in [2.05, 4.69) is 0 Å². The van der Waals surface area contributed by atoms with Crippen molar-refractivity contribution in [1.29, 1.82) is 0 Å². The lowest BCUT2D eigenvalue weighted by Crippen LogP contribution is -2.31. The van der Waals surface area contributed by atoms with Gasteiger partial charge in [-0.15, -0.1) is 0 Å². The lowest BCUT2D eigenvalue weighted by atomic mass is 10.1. The topological polar surface area (TPSA) is 20.2 Å². The molecule has 1 saturated heterocycles. The summed E-state index contributed by atoms with van der Waals surface area (Å²) in [6, 6.07) is 0. The molecule has 0 spiro atoms. The van der Waals surface area contributed by atoms with E-state index in [1.54, 1.807) is 0 Å². The molecule has 2 heteroatoms. The molecule has 2 aliphatic rings. The lowest BCUT2D eigenvalue weighted by Gasteiger charge is -2.29. The molecule has 2 rings (SSSR count). The van der Waals surface area contributed by atoms with E-state index in [1.165, 1.54) is 25.0 Å². The van der Waals surface area contributed by atoms with E-state index in [0.717, 1.165) is 0 Å². The van der Waals surface area contributed by atoms with E-state index in [4.69, 9.17) is 0 Å². The highest BCUT2D eigenvalue weighted by atomic mass is 32.2. The van der Waals surface area contributed by atoms with Gasteiger partial charge < -0.3 is 5.11 Å². The summed E-state index contributed by atoms with van der Waals surface area (Å²) >= 11 is 1.93. The van der Waals surface area contributed by atoms with Crippen LogP contribution in [0.3, 0.4) is 0 Å². The van der Waals surface area contributed by atoms with Crippen LogP contribution in [0.25, 0.3) is 0 Å². The van der Waals surface area contributed by atoms with Crippen LogP contribution in [-0.4, -0.2) is 22.2 Å². The van der Waals surface area contributed by atoms with Gasteiger partial charge in [0.2, 0.25) is 0 Å². The van der Waals surface area contributed by atoms with Crippen molar-refractivity contribution >= 4 is 11.8 Å². The van der Waals surface area contributed by atoms with E-state index >= 15 is 0 Å². The monoisotopic (exact) mass is 144 g/mol.